The van der Waals surface area contributed by atoms with Gasteiger partial charge in [0.2, 0.25) is 0 Å². The second-order valence-electron chi connectivity index (χ2n) is 6.22. The molecular formula is C22H15ClN2O. The third-order valence-electron chi connectivity index (χ3n) is 4.63. The smallest absolute Gasteiger partial charge is 0.258 e. The first-order valence-corrected chi connectivity index (χ1v) is 8.75. The Kier molecular flexibility index (Phi) is 4.20. The fourth-order valence-electron chi connectivity index (χ4n) is 3.38. The fraction of sp³-hybridized carbons (Fsp3) is 0.0909. The number of fused-ring (bicyclic) bond motifs is 1. The molecule has 4 heteroatoms. The molecule has 0 saturated carbocycles. The zero-order chi connectivity index (χ0) is 18.1. The van der Waals surface area contributed by atoms with Crippen molar-refractivity contribution in [3.05, 3.63) is 88.4 Å². The van der Waals surface area contributed by atoms with Crippen LogP contribution in [0.5, 0.6) is 0 Å². The molecule has 1 heterocycles. The third-order valence-corrected chi connectivity index (χ3v) is 4.88. The maximum Gasteiger partial charge on any atom is 0.258 e. The minimum absolute atomic E-state index is 0.0694. The molecule has 0 unspecified atom stereocenters. The molecule has 4 rings (SSSR count). The molecule has 3 aromatic rings. The quantitative estimate of drug-likeness (QED) is 0.641. The monoisotopic (exact) mass is 358 g/mol. The zero-order valence-electron chi connectivity index (χ0n) is 13.9. The first kappa shape index (κ1) is 16.4. The van der Waals surface area contributed by atoms with E-state index in [1.165, 1.54) is 0 Å². The molecule has 126 valence electrons. The number of rotatable bonds is 2. The Morgan fingerprint density at radius 1 is 1.00 bits per heavy atom. The van der Waals surface area contributed by atoms with Crippen molar-refractivity contribution in [3.63, 3.8) is 0 Å². The first-order valence-electron chi connectivity index (χ1n) is 8.37. The van der Waals surface area contributed by atoms with Crippen molar-refractivity contribution in [2.75, 3.05) is 11.4 Å². The number of amides is 1. The molecule has 0 bridgehead atoms. The van der Waals surface area contributed by atoms with Crippen LogP contribution in [0.15, 0.2) is 66.7 Å². The van der Waals surface area contributed by atoms with Crippen LogP contribution in [0.4, 0.5) is 5.69 Å². The van der Waals surface area contributed by atoms with Crippen LogP contribution in [0.2, 0.25) is 5.02 Å². The van der Waals surface area contributed by atoms with Gasteiger partial charge >= 0.3 is 0 Å². The molecule has 1 aliphatic rings. The van der Waals surface area contributed by atoms with E-state index < -0.39 is 0 Å². The Morgan fingerprint density at radius 3 is 2.42 bits per heavy atom. The number of hydrogen-bond donors (Lipinski definition) is 0. The number of hydrogen-bond acceptors (Lipinski definition) is 2. The van der Waals surface area contributed by atoms with Crippen molar-refractivity contribution >= 4 is 23.2 Å². The maximum absolute atomic E-state index is 12.9. The minimum Gasteiger partial charge on any atom is -0.306 e. The highest BCUT2D eigenvalue weighted by atomic mass is 35.5. The van der Waals surface area contributed by atoms with Gasteiger partial charge in [0.05, 0.1) is 11.3 Å². The highest BCUT2D eigenvalue weighted by molar-refractivity contribution is 6.30. The number of nitrogens with zero attached hydrogens (tertiary/aromatic N) is 2. The predicted octanol–water partition coefficient (Wildman–Crippen LogP) is 5.08. The van der Waals surface area contributed by atoms with Gasteiger partial charge in [0.15, 0.2) is 0 Å². The summed E-state index contributed by atoms with van der Waals surface area (Å²) in [4.78, 5) is 14.6. The van der Waals surface area contributed by atoms with Gasteiger partial charge in [-0.1, -0.05) is 41.9 Å². The van der Waals surface area contributed by atoms with Crippen LogP contribution in [0.3, 0.4) is 0 Å². The lowest BCUT2D eigenvalue weighted by atomic mass is 9.98. The van der Waals surface area contributed by atoms with Crippen LogP contribution in [0.25, 0.3) is 11.1 Å². The van der Waals surface area contributed by atoms with Crippen LogP contribution >= 0.6 is 11.6 Å². The lowest BCUT2D eigenvalue weighted by Crippen LogP contribution is -2.29. The Hall–Kier alpha value is -3.09. The van der Waals surface area contributed by atoms with E-state index in [1.54, 1.807) is 17.0 Å². The number of benzene rings is 3. The molecule has 1 amide bonds. The van der Waals surface area contributed by atoms with Gasteiger partial charge in [-0.05, 0) is 59.5 Å². The summed E-state index contributed by atoms with van der Waals surface area (Å²) in [6.45, 7) is 0.585. The zero-order valence-corrected chi connectivity index (χ0v) is 14.7. The molecule has 0 aliphatic carbocycles. The number of nitriles is 1. The first-order chi connectivity index (χ1) is 12.7. The lowest BCUT2D eigenvalue weighted by molar-refractivity contribution is 0.0989. The predicted molar refractivity (Wildman–Crippen MR) is 103 cm³/mol. The van der Waals surface area contributed by atoms with Gasteiger partial charge < -0.3 is 4.90 Å². The van der Waals surface area contributed by atoms with E-state index in [0.717, 1.165) is 28.8 Å². The summed E-state index contributed by atoms with van der Waals surface area (Å²) >= 11 is 5.97. The highest BCUT2D eigenvalue weighted by Crippen LogP contribution is 2.37. The third kappa shape index (κ3) is 2.85. The SMILES string of the molecule is N#Cc1cc(-c2ccc(Cl)cc2)cc2c1N(C(=O)c1ccccc1)CC2. The van der Waals surface area contributed by atoms with Crippen LogP contribution in [-0.2, 0) is 6.42 Å². The average molecular weight is 359 g/mol. The van der Waals surface area contributed by atoms with E-state index in [4.69, 9.17) is 11.6 Å². The van der Waals surface area contributed by atoms with E-state index in [9.17, 15) is 10.1 Å². The molecule has 0 radical (unpaired) electrons. The van der Waals surface area contributed by atoms with Crippen molar-refractivity contribution in [3.8, 4) is 17.2 Å². The second kappa shape index (κ2) is 6.67. The van der Waals surface area contributed by atoms with Gasteiger partial charge in [0.1, 0.15) is 6.07 Å². The number of halogens is 1. The summed E-state index contributed by atoms with van der Waals surface area (Å²) in [6.07, 6.45) is 0.740. The molecule has 3 nitrogen and oxygen atoms in total. The largest absolute Gasteiger partial charge is 0.306 e. The molecule has 0 saturated heterocycles. The van der Waals surface area contributed by atoms with Gasteiger partial charge in [-0.15, -0.1) is 0 Å². The number of carbonyl (C=O) groups excluding carboxylic acids is 1. The number of carbonyl (C=O) groups is 1. The highest BCUT2D eigenvalue weighted by Gasteiger charge is 2.29. The summed E-state index contributed by atoms with van der Waals surface area (Å²) < 4.78 is 0. The normalized spacial score (nSPS) is 12.5. The van der Waals surface area contributed by atoms with Crippen molar-refractivity contribution in [2.45, 2.75) is 6.42 Å². The average Bonchev–Trinajstić information content (AvgIpc) is 3.12. The number of anilines is 1. The molecule has 26 heavy (non-hydrogen) atoms. The van der Waals surface area contributed by atoms with E-state index in [2.05, 4.69) is 12.1 Å². The maximum atomic E-state index is 12.9. The van der Waals surface area contributed by atoms with Gasteiger partial charge in [0.25, 0.3) is 5.91 Å². The molecule has 0 atom stereocenters. The summed E-state index contributed by atoms with van der Waals surface area (Å²) in [5.74, 6) is -0.0694. The molecule has 0 spiro atoms. The van der Waals surface area contributed by atoms with E-state index in [0.29, 0.717) is 22.7 Å². The Labute approximate surface area is 157 Å². The van der Waals surface area contributed by atoms with Crippen molar-refractivity contribution in [2.24, 2.45) is 0 Å². The van der Waals surface area contributed by atoms with Gasteiger partial charge in [-0.25, -0.2) is 0 Å². The summed E-state index contributed by atoms with van der Waals surface area (Å²) in [7, 11) is 0. The van der Waals surface area contributed by atoms with Crippen LogP contribution in [-0.4, -0.2) is 12.5 Å². The Morgan fingerprint density at radius 2 is 1.73 bits per heavy atom. The van der Waals surface area contributed by atoms with Crippen molar-refractivity contribution in [1.29, 1.82) is 5.26 Å². The Bertz CT molecular complexity index is 1020. The lowest BCUT2D eigenvalue weighted by Gasteiger charge is -2.19. The van der Waals surface area contributed by atoms with Gasteiger partial charge in [0, 0.05) is 17.1 Å². The van der Waals surface area contributed by atoms with Crippen molar-refractivity contribution in [1.82, 2.24) is 0 Å². The van der Waals surface area contributed by atoms with Crippen molar-refractivity contribution < 1.29 is 4.79 Å². The molecule has 3 aromatic carbocycles. The molecule has 0 N–H and O–H groups in total. The van der Waals surface area contributed by atoms with Crippen LogP contribution in [0, 0.1) is 11.3 Å². The molecule has 0 aromatic heterocycles. The van der Waals surface area contributed by atoms with E-state index >= 15 is 0 Å². The molecular weight excluding hydrogens is 344 g/mol. The fourth-order valence-corrected chi connectivity index (χ4v) is 3.51. The molecule has 1 aliphatic heterocycles. The standard InChI is InChI=1S/C22H15ClN2O/c23-20-8-6-15(7-9-20)18-12-17-10-11-25(21(17)19(13-18)14-24)22(26)16-4-2-1-3-5-16/h1-9,12-13H,10-11H2. The minimum atomic E-state index is -0.0694. The second-order valence-corrected chi connectivity index (χ2v) is 6.66. The summed E-state index contributed by atoms with van der Waals surface area (Å²) in [6, 6.07) is 22.9. The van der Waals surface area contributed by atoms with E-state index in [1.807, 2.05) is 48.5 Å². The Balaban J connectivity index is 1.77. The topological polar surface area (TPSA) is 44.1 Å². The van der Waals surface area contributed by atoms with Gasteiger partial charge in [-0.2, -0.15) is 5.26 Å². The van der Waals surface area contributed by atoms with Crippen LogP contribution < -0.4 is 4.90 Å². The van der Waals surface area contributed by atoms with E-state index in [-0.39, 0.29) is 5.91 Å². The summed E-state index contributed by atoms with van der Waals surface area (Å²) in [5.41, 5.74) is 4.88. The molecule has 0 fully saturated rings. The van der Waals surface area contributed by atoms with Crippen LogP contribution in [0.1, 0.15) is 21.5 Å². The van der Waals surface area contributed by atoms with Gasteiger partial charge in [-0.3, -0.25) is 4.79 Å². The summed E-state index contributed by atoms with van der Waals surface area (Å²) in [5, 5.41) is 10.4.